The second kappa shape index (κ2) is 11.3. The molecule has 1 aliphatic rings. The quantitative estimate of drug-likeness (QED) is 0.371. The molecule has 192 valence electrons. The normalized spacial score (nSPS) is 20.9. The molecule has 34 heavy (non-hydrogen) atoms. The molecule has 0 bridgehead atoms. The first-order valence-electron chi connectivity index (χ1n) is 11.4. The van der Waals surface area contributed by atoms with Crippen molar-refractivity contribution in [2.45, 2.75) is 82.7 Å². The van der Waals surface area contributed by atoms with E-state index in [1.54, 1.807) is 20.8 Å². The van der Waals surface area contributed by atoms with Gasteiger partial charge >= 0.3 is 21.1 Å². The Morgan fingerprint density at radius 2 is 2.00 bits per heavy atom. The zero-order valence-corrected chi connectivity index (χ0v) is 21.2. The molecule has 12 heteroatoms. The number of aliphatic hydroxyl groups excluding tert-OH is 1. The number of β-amino-alcohol motifs (C(OH)–C–C–N with tert-alkyl or cyclic N) is 1. The third kappa shape index (κ3) is 7.81. The Morgan fingerprint density at radius 1 is 1.32 bits per heavy atom. The fourth-order valence-electron chi connectivity index (χ4n) is 3.67. The molecular weight excluding hydrogens is 464 g/mol. The van der Waals surface area contributed by atoms with Gasteiger partial charge in [-0.3, -0.25) is 4.79 Å². The summed E-state index contributed by atoms with van der Waals surface area (Å²) in [5, 5.41) is 27.6. The molecule has 2 heterocycles. The highest BCUT2D eigenvalue weighted by molar-refractivity contribution is 7.88. The van der Waals surface area contributed by atoms with E-state index in [-0.39, 0.29) is 23.7 Å². The molecule has 2 amide bonds. The second-order valence-electron chi connectivity index (χ2n) is 9.88. The predicted octanol–water partition coefficient (Wildman–Crippen LogP) is 0.890. The number of aromatic nitrogens is 1. The first-order valence-corrected chi connectivity index (χ1v) is 12.8. The number of carbonyl (C=O) groups excluding carboxylic acids is 2. The SMILES string of the molecule is CC(C)CC(NC(=O)OC(C)(C)C)C(=O)NC1CCCN(S(=O)(=O)c2cccc[n+]2[O-])C[C@@H]1O. The first-order chi connectivity index (χ1) is 15.7. The van der Waals surface area contributed by atoms with Gasteiger partial charge in [-0.05, 0) is 52.0 Å². The van der Waals surface area contributed by atoms with Crippen molar-refractivity contribution < 1.29 is 32.6 Å². The van der Waals surface area contributed by atoms with E-state index in [9.17, 15) is 28.3 Å². The highest BCUT2D eigenvalue weighted by atomic mass is 32.2. The summed E-state index contributed by atoms with van der Waals surface area (Å²) in [7, 11) is -4.13. The summed E-state index contributed by atoms with van der Waals surface area (Å²) < 4.78 is 32.5. The third-order valence-electron chi connectivity index (χ3n) is 5.21. The van der Waals surface area contributed by atoms with Crippen LogP contribution < -0.4 is 15.4 Å². The Bertz CT molecular complexity index is 962. The van der Waals surface area contributed by atoms with Gasteiger partial charge in [0.15, 0.2) is 6.20 Å². The molecule has 1 aromatic rings. The van der Waals surface area contributed by atoms with Crippen molar-refractivity contribution in [3.63, 3.8) is 0 Å². The van der Waals surface area contributed by atoms with Crippen LogP contribution in [-0.2, 0) is 19.6 Å². The van der Waals surface area contributed by atoms with Crippen LogP contribution in [0.4, 0.5) is 4.79 Å². The van der Waals surface area contributed by atoms with Crippen LogP contribution in [0.25, 0.3) is 0 Å². The van der Waals surface area contributed by atoms with Gasteiger partial charge in [0.2, 0.25) is 5.91 Å². The number of aliphatic hydroxyl groups is 1. The standard InChI is InChI=1S/C22H36N4O7S/c1-15(2)13-17(24-21(29)33-22(3,4)5)20(28)23-16-9-8-11-25(14-18(16)27)34(31,32)19-10-6-7-12-26(19)30/h6-7,10,12,15-18,27H,8-9,11,13-14H2,1-5H3,(H,23,28)(H,24,29)/t16?,17?,18-/m0/s1. The number of hydrogen-bond donors (Lipinski definition) is 3. The van der Waals surface area contributed by atoms with E-state index in [4.69, 9.17) is 4.74 Å². The van der Waals surface area contributed by atoms with E-state index in [1.165, 1.54) is 18.2 Å². The van der Waals surface area contributed by atoms with Gasteiger partial charge in [-0.15, -0.1) is 0 Å². The Morgan fingerprint density at radius 3 is 2.59 bits per heavy atom. The molecule has 0 aromatic carbocycles. The van der Waals surface area contributed by atoms with Gasteiger partial charge < -0.3 is 25.7 Å². The van der Waals surface area contributed by atoms with Gasteiger partial charge in [0, 0.05) is 25.2 Å². The van der Waals surface area contributed by atoms with Crippen molar-refractivity contribution in [3.8, 4) is 0 Å². The molecule has 1 fully saturated rings. The summed E-state index contributed by atoms with van der Waals surface area (Å²) in [4.78, 5) is 25.2. The van der Waals surface area contributed by atoms with E-state index in [1.807, 2.05) is 13.8 Å². The lowest BCUT2D eigenvalue weighted by molar-refractivity contribution is -0.646. The van der Waals surface area contributed by atoms with E-state index < -0.39 is 50.8 Å². The number of carbonyl (C=O) groups is 2. The van der Waals surface area contributed by atoms with E-state index >= 15 is 0 Å². The molecule has 2 unspecified atom stereocenters. The summed E-state index contributed by atoms with van der Waals surface area (Å²) >= 11 is 0. The van der Waals surface area contributed by atoms with Crippen molar-refractivity contribution in [3.05, 3.63) is 29.6 Å². The molecule has 1 saturated heterocycles. The number of rotatable bonds is 7. The molecule has 2 rings (SSSR count). The fourth-order valence-corrected chi connectivity index (χ4v) is 5.20. The smallest absolute Gasteiger partial charge is 0.408 e. The van der Waals surface area contributed by atoms with Crippen LogP contribution in [0.5, 0.6) is 0 Å². The Kier molecular flexibility index (Phi) is 9.26. The summed E-state index contributed by atoms with van der Waals surface area (Å²) in [6.07, 6.45) is 0.211. The number of ether oxygens (including phenoxy) is 1. The van der Waals surface area contributed by atoms with Crippen LogP contribution in [0.3, 0.4) is 0 Å². The number of pyridine rings is 1. The van der Waals surface area contributed by atoms with Crippen LogP contribution >= 0.6 is 0 Å². The minimum Gasteiger partial charge on any atom is -0.618 e. The van der Waals surface area contributed by atoms with Crippen molar-refractivity contribution in [2.75, 3.05) is 13.1 Å². The second-order valence-corrected chi connectivity index (χ2v) is 11.8. The minimum absolute atomic E-state index is 0.0895. The lowest BCUT2D eigenvalue weighted by Gasteiger charge is -2.28. The Balaban J connectivity index is 2.10. The van der Waals surface area contributed by atoms with E-state index in [2.05, 4.69) is 10.6 Å². The molecule has 0 spiro atoms. The molecular formula is C22H36N4O7S. The van der Waals surface area contributed by atoms with E-state index in [0.717, 1.165) is 10.5 Å². The van der Waals surface area contributed by atoms with Gasteiger partial charge in [-0.25, -0.2) is 13.2 Å². The van der Waals surface area contributed by atoms with Crippen LogP contribution in [0.2, 0.25) is 0 Å². The summed E-state index contributed by atoms with van der Waals surface area (Å²) in [6.45, 7) is 8.78. The summed E-state index contributed by atoms with van der Waals surface area (Å²) in [5.74, 6) is -0.393. The van der Waals surface area contributed by atoms with Crippen LogP contribution in [0.15, 0.2) is 29.4 Å². The van der Waals surface area contributed by atoms with Gasteiger partial charge in [0.05, 0.1) is 12.1 Å². The lowest BCUT2D eigenvalue weighted by Crippen LogP contribution is -2.54. The molecule has 1 aromatic heterocycles. The predicted molar refractivity (Wildman–Crippen MR) is 124 cm³/mol. The zero-order valence-electron chi connectivity index (χ0n) is 20.4. The molecule has 0 aliphatic carbocycles. The highest BCUT2D eigenvalue weighted by Gasteiger charge is 2.37. The van der Waals surface area contributed by atoms with Crippen molar-refractivity contribution in [2.24, 2.45) is 5.92 Å². The molecule has 11 nitrogen and oxygen atoms in total. The molecule has 1 aliphatic heterocycles. The van der Waals surface area contributed by atoms with Crippen LogP contribution in [0, 0.1) is 11.1 Å². The van der Waals surface area contributed by atoms with E-state index in [0.29, 0.717) is 19.3 Å². The van der Waals surface area contributed by atoms with Crippen molar-refractivity contribution in [1.82, 2.24) is 14.9 Å². The minimum atomic E-state index is -4.13. The number of amides is 2. The number of hydrogen-bond acceptors (Lipinski definition) is 7. The molecule has 0 saturated carbocycles. The number of nitrogens with zero attached hydrogens (tertiary/aromatic N) is 2. The first kappa shape index (κ1) is 27.8. The highest BCUT2D eigenvalue weighted by Crippen LogP contribution is 2.19. The van der Waals surface area contributed by atoms with Gasteiger partial charge in [0.1, 0.15) is 11.6 Å². The zero-order chi connectivity index (χ0) is 25.7. The van der Waals surface area contributed by atoms with Gasteiger partial charge in [-0.1, -0.05) is 13.8 Å². The topological polar surface area (TPSA) is 152 Å². The number of nitrogens with one attached hydrogen (secondary N) is 2. The Labute approximate surface area is 201 Å². The average molecular weight is 501 g/mol. The Hall–Kier alpha value is -2.44. The molecule has 3 N–H and O–H groups in total. The largest absolute Gasteiger partial charge is 0.618 e. The maximum atomic E-state index is 13.0. The van der Waals surface area contributed by atoms with Crippen molar-refractivity contribution >= 4 is 22.0 Å². The maximum absolute atomic E-state index is 13.0. The fraction of sp³-hybridized carbons (Fsp3) is 0.682. The maximum Gasteiger partial charge on any atom is 0.408 e. The monoisotopic (exact) mass is 500 g/mol. The van der Waals surface area contributed by atoms with Gasteiger partial charge in [0.25, 0.3) is 0 Å². The lowest BCUT2D eigenvalue weighted by atomic mass is 10.0. The summed E-state index contributed by atoms with van der Waals surface area (Å²) in [6, 6.07) is 2.48. The van der Waals surface area contributed by atoms with Crippen LogP contribution in [-0.4, -0.2) is 66.7 Å². The number of alkyl carbamates (subject to hydrolysis) is 1. The van der Waals surface area contributed by atoms with Crippen LogP contribution in [0.1, 0.15) is 53.9 Å². The van der Waals surface area contributed by atoms with Crippen molar-refractivity contribution in [1.29, 1.82) is 0 Å². The number of sulfonamides is 1. The summed E-state index contributed by atoms with van der Waals surface area (Å²) in [5.41, 5.74) is -0.726. The van der Waals surface area contributed by atoms with Gasteiger partial charge in [-0.2, -0.15) is 9.04 Å². The third-order valence-corrected chi connectivity index (χ3v) is 7.07. The molecule has 0 radical (unpaired) electrons. The average Bonchev–Trinajstić information content (AvgIpc) is 2.88. The molecule has 3 atom stereocenters.